The smallest absolute Gasteiger partial charge is 0.251 e. The minimum Gasteiger partial charge on any atom is -0.251 e. The zero-order valence-corrected chi connectivity index (χ0v) is 17.7. The summed E-state index contributed by atoms with van der Waals surface area (Å²) in [6, 6.07) is 7.56. The number of aryl methyl sites for hydroxylation is 6. The first-order valence-corrected chi connectivity index (χ1v) is 10.4. The van der Waals surface area contributed by atoms with E-state index in [-0.39, 0.29) is 0 Å². The molecule has 3 aromatic rings. The van der Waals surface area contributed by atoms with E-state index in [1.54, 1.807) is 0 Å². The van der Waals surface area contributed by atoms with E-state index in [4.69, 9.17) is 0 Å². The summed E-state index contributed by atoms with van der Waals surface area (Å²) < 4.78 is 28.3. The van der Waals surface area contributed by atoms with Crippen LogP contribution in [0.25, 0.3) is 11.0 Å². The van der Waals surface area contributed by atoms with Crippen molar-refractivity contribution in [1.29, 1.82) is 0 Å². The third-order valence-electron chi connectivity index (χ3n) is 4.46. The van der Waals surface area contributed by atoms with Crippen molar-refractivity contribution in [1.82, 2.24) is 8.96 Å². The van der Waals surface area contributed by atoms with Crippen LogP contribution in [-0.2, 0) is 10.0 Å². The number of nitrogens with zero attached hydrogens (tertiary/aromatic N) is 2. The van der Waals surface area contributed by atoms with Gasteiger partial charge in [-0.2, -0.15) is 0 Å². The van der Waals surface area contributed by atoms with Crippen molar-refractivity contribution in [3.63, 3.8) is 0 Å². The highest BCUT2D eigenvalue weighted by molar-refractivity contribution is 7.90. The van der Waals surface area contributed by atoms with E-state index >= 15 is 0 Å². The van der Waals surface area contributed by atoms with Gasteiger partial charge in [0.05, 0.1) is 15.9 Å². The van der Waals surface area contributed by atoms with Crippen LogP contribution >= 0.6 is 0 Å². The third kappa shape index (κ3) is 3.28. The Morgan fingerprint density at radius 1 is 0.808 bits per heavy atom. The van der Waals surface area contributed by atoms with Gasteiger partial charge in [0.2, 0.25) is 0 Å². The van der Waals surface area contributed by atoms with Crippen LogP contribution in [0.1, 0.15) is 47.5 Å². The SMILES string of the molecule is CC.Cc1cc(C)c(S(=O)(=O)n2c(C)cc3nc(C)c(C)cc32)c(C)c1. The number of benzene rings is 1. The molecule has 2 heterocycles. The molecule has 5 heteroatoms. The number of hydrogen-bond acceptors (Lipinski definition) is 3. The molecule has 140 valence electrons. The van der Waals surface area contributed by atoms with Gasteiger partial charge in [0.1, 0.15) is 0 Å². The van der Waals surface area contributed by atoms with Gasteiger partial charge < -0.3 is 0 Å². The highest BCUT2D eigenvalue weighted by Crippen LogP contribution is 2.29. The molecular formula is C21H28N2O2S. The fraction of sp³-hybridized carbons (Fsp3) is 0.381. The van der Waals surface area contributed by atoms with Gasteiger partial charge in [0.25, 0.3) is 10.0 Å². The lowest BCUT2D eigenvalue weighted by Gasteiger charge is -2.15. The first kappa shape index (κ1) is 20.2. The van der Waals surface area contributed by atoms with Crippen LogP contribution in [0.5, 0.6) is 0 Å². The van der Waals surface area contributed by atoms with Crippen LogP contribution in [-0.4, -0.2) is 17.4 Å². The summed E-state index contributed by atoms with van der Waals surface area (Å²) in [6.07, 6.45) is 0. The van der Waals surface area contributed by atoms with Crippen LogP contribution in [0, 0.1) is 41.5 Å². The molecule has 4 nitrogen and oxygen atoms in total. The van der Waals surface area contributed by atoms with Crippen molar-refractivity contribution < 1.29 is 8.42 Å². The van der Waals surface area contributed by atoms with Crippen molar-refractivity contribution in [3.8, 4) is 0 Å². The second-order valence-corrected chi connectivity index (χ2v) is 8.30. The molecule has 0 aliphatic rings. The number of rotatable bonds is 2. The molecule has 0 saturated heterocycles. The van der Waals surface area contributed by atoms with Gasteiger partial charge in [-0.15, -0.1) is 0 Å². The molecule has 0 aliphatic carbocycles. The number of fused-ring (bicyclic) bond motifs is 1. The number of pyridine rings is 1. The predicted octanol–water partition coefficient (Wildman–Crippen LogP) is 5.15. The molecule has 3 rings (SSSR count). The highest BCUT2D eigenvalue weighted by atomic mass is 32.2. The second-order valence-electron chi connectivity index (χ2n) is 6.58. The summed E-state index contributed by atoms with van der Waals surface area (Å²) in [5, 5.41) is 0. The average Bonchev–Trinajstić information content (AvgIpc) is 2.84. The van der Waals surface area contributed by atoms with Crippen molar-refractivity contribution in [2.75, 3.05) is 0 Å². The molecule has 26 heavy (non-hydrogen) atoms. The second kappa shape index (κ2) is 7.23. The Balaban J connectivity index is 0.00000117. The van der Waals surface area contributed by atoms with Gasteiger partial charge in [-0.25, -0.2) is 12.4 Å². The Morgan fingerprint density at radius 2 is 1.35 bits per heavy atom. The summed E-state index contributed by atoms with van der Waals surface area (Å²) in [5.74, 6) is 0. The summed E-state index contributed by atoms with van der Waals surface area (Å²) in [7, 11) is -3.68. The van der Waals surface area contributed by atoms with E-state index in [2.05, 4.69) is 4.98 Å². The van der Waals surface area contributed by atoms with E-state index in [9.17, 15) is 8.42 Å². The lowest BCUT2D eigenvalue weighted by atomic mass is 10.1. The number of hydrogen-bond donors (Lipinski definition) is 0. The Morgan fingerprint density at radius 3 is 1.88 bits per heavy atom. The van der Waals surface area contributed by atoms with Crippen molar-refractivity contribution >= 4 is 21.1 Å². The normalized spacial score (nSPS) is 11.4. The van der Waals surface area contributed by atoms with E-state index in [0.717, 1.165) is 27.9 Å². The van der Waals surface area contributed by atoms with E-state index < -0.39 is 10.0 Å². The maximum Gasteiger partial charge on any atom is 0.268 e. The minimum atomic E-state index is -3.68. The summed E-state index contributed by atoms with van der Waals surface area (Å²) in [6.45, 7) is 15.4. The van der Waals surface area contributed by atoms with Gasteiger partial charge in [-0.3, -0.25) is 4.98 Å². The van der Waals surface area contributed by atoms with E-state index in [1.165, 1.54) is 3.97 Å². The molecule has 0 amide bonds. The number of aromatic nitrogens is 2. The summed E-state index contributed by atoms with van der Waals surface area (Å²) in [4.78, 5) is 4.92. The van der Waals surface area contributed by atoms with Gasteiger partial charge >= 0.3 is 0 Å². The van der Waals surface area contributed by atoms with Crippen molar-refractivity contribution in [2.45, 2.75) is 60.3 Å². The molecular weight excluding hydrogens is 344 g/mol. The molecule has 0 atom stereocenters. The van der Waals surface area contributed by atoms with Crippen LogP contribution < -0.4 is 0 Å². The van der Waals surface area contributed by atoms with Crippen LogP contribution in [0.4, 0.5) is 0 Å². The lowest BCUT2D eigenvalue weighted by molar-refractivity contribution is 0.586. The molecule has 2 aromatic heterocycles. The molecule has 0 fully saturated rings. The molecule has 0 bridgehead atoms. The fourth-order valence-electron chi connectivity index (χ4n) is 3.41. The van der Waals surface area contributed by atoms with Crippen LogP contribution in [0.15, 0.2) is 29.2 Å². The Bertz CT molecular complexity index is 1050. The molecule has 0 spiro atoms. The lowest BCUT2D eigenvalue weighted by Crippen LogP contribution is -2.17. The maximum atomic E-state index is 13.4. The average molecular weight is 373 g/mol. The summed E-state index contributed by atoms with van der Waals surface area (Å²) >= 11 is 0. The predicted molar refractivity (Wildman–Crippen MR) is 109 cm³/mol. The van der Waals surface area contributed by atoms with Crippen LogP contribution in [0.2, 0.25) is 0 Å². The van der Waals surface area contributed by atoms with E-state index in [0.29, 0.717) is 21.6 Å². The monoisotopic (exact) mass is 372 g/mol. The first-order chi connectivity index (χ1) is 12.1. The Hall–Kier alpha value is -2.14. The molecule has 0 saturated carbocycles. The fourth-order valence-corrected chi connectivity index (χ4v) is 5.36. The third-order valence-corrected chi connectivity index (χ3v) is 6.59. The minimum absolute atomic E-state index is 0.381. The summed E-state index contributed by atoms with van der Waals surface area (Å²) in [5.41, 5.74) is 6.51. The quantitative estimate of drug-likeness (QED) is 0.625. The molecule has 1 aromatic carbocycles. The zero-order valence-electron chi connectivity index (χ0n) is 16.9. The van der Waals surface area contributed by atoms with Gasteiger partial charge in [0.15, 0.2) is 0 Å². The zero-order chi connectivity index (χ0) is 19.8. The van der Waals surface area contributed by atoms with E-state index in [1.807, 2.05) is 79.7 Å². The van der Waals surface area contributed by atoms with Gasteiger partial charge in [-0.1, -0.05) is 31.5 Å². The first-order valence-electron chi connectivity index (χ1n) is 8.92. The highest BCUT2D eigenvalue weighted by Gasteiger charge is 2.26. The van der Waals surface area contributed by atoms with Crippen molar-refractivity contribution in [2.24, 2.45) is 0 Å². The molecule has 0 N–H and O–H groups in total. The van der Waals surface area contributed by atoms with Crippen LogP contribution in [0.3, 0.4) is 0 Å². The molecule has 0 unspecified atom stereocenters. The van der Waals surface area contributed by atoms with Crippen molar-refractivity contribution in [3.05, 3.63) is 57.9 Å². The Kier molecular flexibility index (Phi) is 5.61. The van der Waals surface area contributed by atoms with Gasteiger partial charge in [-0.05, 0) is 70.4 Å². The molecule has 0 radical (unpaired) electrons. The van der Waals surface area contributed by atoms with Gasteiger partial charge in [0, 0.05) is 11.4 Å². The Labute approximate surface area is 156 Å². The standard InChI is InChI=1S/C19H22N2O2S.C2H6/c1-11-7-13(3)19(14(4)8-11)24(22,23)21-15(5)10-17-18(21)9-12(2)16(6)20-17;1-2/h7-10H,1-6H3;1-2H3. The maximum absolute atomic E-state index is 13.4. The largest absolute Gasteiger partial charge is 0.268 e. The topological polar surface area (TPSA) is 52.0 Å². The molecule has 0 aliphatic heterocycles.